The van der Waals surface area contributed by atoms with E-state index < -0.39 is 6.10 Å². The van der Waals surface area contributed by atoms with Crippen molar-refractivity contribution in [3.05, 3.63) is 36.4 Å². The maximum Gasteiger partial charge on any atom is 0.233 e. The van der Waals surface area contributed by atoms with Crippen LogP contribution in [0.1, 0.15) is 20.8 Å². The Kier molecular flexibility index (Phi) is 8.24. The number of hydrogen-bond donors (Lipinski definition) is 4. The van der Waals surface area contributed by atoms with Gasteiger partial charge in [0.1, 0.15) is 30.8 Å². The molecule has 1 atom stereocenters. The predicted octanol–water partition coefficient (Wildman–Crippen LogP) is 1.35. The lowest BCUT2D eigenvalue weighted by atomic mass is 10.1. The minimum absolute atomic E-state index is 0.165. The molecular formula is C19H29N5O4. The quantitative estimate of drug-likeness (QED) is 0.313. The summed E-state index contributed by atoms with van der Waals surface area (Å²) in [5.74, 6) is 7.50. The lowest BCUT2D eigenvalue weighted by Gasteiger charge is -2.27. The molecule has 154 valence electrons. The number of hydrazine groups is 1. The second-order valence-electron chi connectivity index (χ2n) is 6.83. The van der Waals surface area contributed by atoms with Crippen molar-refractivity contribution in [3.63, 3.8) is 0 Å². The SMILES string of the molecule is CCOc1cccc(OCC(O)CNC(C)(C)COc2ccc(NN)nn2)c1. The van der Waals surface area contributed by atoms with Gasteiger partial charge in [-0.15, -0.1) is 10.2 Å². The fourth-order valence-corrected chi connectivity index (χ4v) is 2.25. The van der Waals surface area contributed by atoms with E-state index in [2.05, 4.69) is 20.9 Å². The molecule has 0 aliphatic rings. The Morgan fingerprint density at radius 3 is 2.50 bits per heavy atom. The van der Waals surface area contributed by atoms with Crippen LogP contribution in [0.25, 0.3) is 0 Å². The summed E-state index contributed by atoms with van der Waals surface area (Å²) in [4.78, 5) is 0. The zero-order valence-electron chi connectivity index (χ0n) is 16.5. The molecule has 28 heavy (non-hydrogen) atoms. The monoisotopic (exact) mass is 391 g/mol. The van der Waals surface area contributed by atoms with E-state index in [1.54, 1.807) is 18.2 Å². The van der Waals surface area contributed by atoms with Gasteiger partial charge in [0.25, 0.3) is 0 Å². The molecule has 0 saturated carbocycles. The van der Waals surface area contributed by atoms with Crippen molar-refractivity contribution in [2.75, 3.05) is 31.8 Å². The summed E-state index contributed by atoms with van der Waals surface area (Å²) in [6, 6.07) is 10.7. The maximum absolute atomic E-state index is 10.2. The van der Waals surface area contributed by atoms with Crippen LogP contribution in [-0.4, -0.2) is 53.3 Å². The fourth-order valence-electron chi connectivity index (χ4n) is 2.25. The lowest BCUT2D eigenvalue weighted by molar-refractivity contribution is 0.0921. The Bertz CT molecular complexity index is 712. The van der Waals surface area contributed by atoms with Crippen LogP contribution in [0.15, 0.2) is 36.4 Å². The number of rotatable bonds is 12. The maximum atomic E-state index is 10.2. The van der Waals surface area contributed by atoms with Gasteiger partial charge in [0, 0.05) is 24.2 Å². The molecule has 1 heterocycles. The van der Waals surface area contributed by atoms with Crippen molar-refractivity contribution in [2.45, 2.75) is 32.4 Å². The Morgan fingerprint density at radius 1 is 1.11 bits per heavy atom. The second-order valence-corrected chi connectivity index (χ2v) is 6.83. The third kappa shape index (κ3) is 7.55. The summed E-state index contributed by atoms with van der Waals surface area (Å²) in [7, 11) is 0. The van der Waals surface area contributed by atoms with Gasteiger partial charge in [-0.1, -0.05) is 6.07 Å². The molecule has 1 unspecified atom stereocenters. The highest BCUT2D eigenvalue weighted by Crippen LogP contribution is 2.19. The number of nitrogens with one attached hydrogen (secondary N) is 2. The summed E-state index contributed by atoms with van der Waals surface area (Å²) in [5.41, 5.74) is 2.02. The molecule has 9 heteroatoms. The van der Waals surface area contributed by atoms with Gasteiger partial charge in [0.2, 0.25) is 5.88 Å². The van der Waals surface area contributed by atoms with Crippen molar-refractivity contribution in [1.29, 1.82) is 0 Å². The van der Waals surface area contributed by atoms with Crippen molar-refractivity contribution < 1.29 is 19.3 Å². The van der Waals surface area contributed by atoms with Gasteiger partial charge in [-0.3, -0.25) is 0 Å². The number of hydrogen-bond acceptors (Lipinski definition) is 9. The van der Waals surface area contributed by atoms with E-state index in [4.69, 9.17) is 20.1 Å². The van der Waals surface area contributed by atoms with Crippen LogP contribution >= 0.6 is 0 Å². The first-order valence-electron chi connectivity index (χ1n) is 9.14. The Balaban J connectivity index is 1.72. The second kappa shape index (κ2) is 10.6. The van der Waals surface area contributed by atoms with Crippen LogP contribution in [0, 0.1) is 0 Å². The highest BCUT2D eigenvalue weighted by Gasteiger charge is 2.20. The first-order chi connectivity index (χ1) is 13.4. The van der Waals surface area contributed by atoms with Gasteiger partial charge in [-0.2, -0.15) is 0 Å². The smallest absolute Gasteiger partial charge is 0.233 e. The molecule has 2 rings (SSSR count). The molecule has 9 nitrogen and oxygen atoms in total. The molecule has 0 amide bonds. The van der Waals surface area contributed by atoms with Gasteiger partial charge < -0.3 is 30.1 Å². The fraction of sp³-hybridized carbons (Fsp3) is 0.474. The van der Waals surface area contributed by atoms with Crippen LogP contribution in [-0.2, 0) is 0 Å². The van der Waals surface area contributed by atoms with E-state index in [9.17, 15) is 5.11 Å². The average molecular weight is 391 g/mol. The first kappa shape index (κ1) is 21.7. The number of ether oxygens (including phenoxy) is 3. The Morgan fingerprint density at radius 2 is 1.86 bits per heavy atom. The first-order valence-corrected chi connectivity index (χ1v) is 9.14. The van der Waals surface area contributed by atoms with Crippen LogP contribution in [0.3, 0.4) is 0 Å². The van der Waals surface area contributed by atoms with E-state index in [0.29, 0.717) is 37.2 Å². The molecule has 0 bridgehead atoms. The molecule has 2 aromatic rings. The number of benzene rings is 1. The van der Waals surface area contributed by atoms with E-state index in [1.165, 1.54) is 0 Å². The summed E-state index contributed by atoms with van der Waals surface area (Å²) < 4.78 is 16.7. The van der Waals surface area contributed by atoms with Crippen molar-refractivity contribution >= 4 is 5.82 Å². The number of anilines is 1. The largest absolute Gasteiger partial charge is 0.494 e. The highest BCUT2D eigenvalue weighted by atomic mass is 16.5. The molecule has 0 fully saturated rings. The third-order valence-electron chi connectivity index (χ3n) is 3.74. The average Bonchev–Trinajstić information content (AvgIpc) is 2.70. The molecule has 0 aliphatic carbocycles. The summed E-state index contributed by atoms with van der Waals surface area (Å²) in [5, 5.41) is 21.2. The highest BCUT2D eigenvalue weighted by molar-refractivity contribution is 5.33. The summed E-state index contributed by atoms with van der Waals surface area (Å²) in [6.07, 6.45) is -0.676. The molecule has 0 saturated heterocycles. The van der Waals surface area contributed by atoms with Gasteiger partial charge in [0.15, 0.2) is 5.82 Å². The van der Waals surface area contributed by atoms with Gasteiger partial charge >= 0.3 is 0 Å². The van der Waals surface area contributed by atoms with Crippen LogP contribution in [0.4, 0.5) is 5.82 Å². The van der Waals surface area contributed by atoms with Crippen molar-refractivity contribution in [3.8, 4) is 17.4 Å². The van der Waals surface area contributed by atoms with Crippen molar-refractivity contribution in [2.24, 2.45) is 5.84 Å². The standard InChI is InChI=1S/C19H29N5O4/c1-4-26-15-6-5-7-16(10-15)27-12-14(25)11-21-19(2,3)13-28-18-9-8-17(22-20)23-24-18/h5-10,14,21,25H,4,11-13,20H2,1-3H3,(H,22,23). The number of nitrogens with two attached hydrogens (primary N) is 1. The minimum Gasteiger partial charge on any atom is -0.494 e. The van der Waals surface area contributed by atoms with E-state index in [1.807, 2.05) is 39.0 Å². The Labute approximate surface area is 165 Å². The van der Waals surface area contributed by atoms with Crippen LogP contribution < -0.4 is 30.8 Å². The number of nitrogen functional groups attached to an aromatic ring is 1. The molecular weight excluding hydrogens is 362 g/mol. The number of aliphatic hydroxyl groups is 1. The molecule has 1 aromatic carbocycles. The molecule has 0 aliphatic heterocycles. The lowest BCUT2D eigenvalue weighted by Crippen LogP contribution is -2.48. The van der Waals surface area contributed by atoms with Crippen LogP contribution in [0.5, 0.6) is 17.4 Å². The summed E-state index contributed by atoms with van der Waals surface area (Å²) >= 11 is 0. The van der Waals surface area contributed by atoms with Gasteiger partial charge in [0.05, 0.1) is 6.61 Å². The zero-order valence-corrected chi connectivity index (χ0v) is 16.5. The van der Waals surface area contributed by atoms with E-state index in [-0.39, 0.29) is 12.1 Å². The molecule has 1 aromatic heterocycles. The van der Waals surface area contributed by atoms with Gasteiger partial charge in [-0.05, 0) is 39.0 Å². The predicted molar refractivity (Wildman–Crippen MR) is 107 cm³/mol. The molecule has 0 spiro atoms. The molecule has 0 radical (unpaired) electrons. The number of nitrogens with zero attached hydrogens (tertiary/aromatic N) is 2. The Hall–Kier alpha value is -2.62. The minimum atomic E-state index is -0.676. The van der Waals surface area contributed by atoms with E-state index >= 15 is 0 Å². The summed E-state index contributed by atoms with van der Waals surface area (Å²) in [6.45, 7) is 7.31. The third-order valence-corrected chi connectivity index (χ3v) is 3.74. The normalized spacial score (nSPS) is 12.3. The topological polar surface area (TPSA) is 124 Å². The molecule has 5 N–H and O–H groups in total. The number of aromatic nitrogens is 2. The zero-order chi connectivity index (χ0) is 20.4. The van der Waals surface area contributed by atoms with Crippen molar-refractivity contribution in [1.82, 2.24) is 15.5 Å². The van der Waals surface area contributed by atoms with E-state index in [0.717, 1.165) is 5.75 Å². The van der Waals surface area contributed by atoms with Crippen LogP contribution in [0.2, 0.25) is 0 Å². The van der Waals surface area contributed by atoms with Gasteiger partial charge in [-0.25, -0.2) is 5.84 Å². The number of β-amino-alcohol motifs (C(OH)–C–C–N with tert-alkyl or cyclic N) is 1. The number of aliphatic hydroxyl groups excluding tert-OH is 1.